The van der Waals surface area contributed by atoms with Crippen LogP contribution in [0.15, 0.2) is 30.3 Å². The van der Waals surface area contributed by atoms with Crippen LogP contribution in [-0.2, 0) is 9.59 Å². The molecule has 5 heteroatoms. The summed E-state index contributed by atoms with van der Waals surface area (Å²) >= 11 is 0. The van der Waals surface area contributed by atoms with Crippen molar-refractivity contribution in [2.24, 2.45) is 11.3 Å². The normalized spacial score (nSPS) is 35.6. The predicted octanol–water partition coefficient (Wildman–Crippen LogP) is 2.21. The fourth-order valence-corrected chi connectivity index (χ4v) is 4.66. The Bertz CT molecular complexity index is 659. The zero-order valence-corrected chi connectivity index (χ0v) is 14.0. The number of hydrogen-bond acceptors (Lipinski definition) is 2. The first kappa shape index (κ1) is 15.6. The smallest absolute Gasteiger partial charge is 0.231 e. The Morgan fingerprint density at radius 2 is 1.96 bits per heavy atom. The molecule has 1 aliphatic carbocycles. The molecule has 4 nitrogen and oxygen atoms in total. The number of halogens is 1. The molecule has 3 fully saturated rings. The van der Waals surface area contributed by atoms with Crippen molar-refractivity contribution in [2.75, 3.05) is 26.7 Å². The van der Waals surface area contributed by atoms with Crippen molar-refractivity contribution in [3.63, 3.8) is 0 Å². The van der Waals surface area contributed by atoms with Gasteiger partial charge in [-0.05, 0) is 24.8 Å². The molecule has 3 aliphatic rings. The number of likely N-dealkylation sites (N-methyl/N-ethyl adjacent to an activating group) is 1. The van der Waals surface area contributed by atoms with Crippen LogP contribution >= 0.6 is 0 Å². The van der Waals surface area contributed by atoms with Gasteiger partial charge < -0.3 is 9.80 Å². The van der Waals surface area contributed by atoms with Crippen LogP contribution in [0.2, 0.25) is 0 Å². The third kappa shape index (κ3) is 2.25. The minimum Gasteiger partial charge on any atom is -0.345 e. The lowest BCUT2D eigenvalue weighted by atomic mass is 9.73. The maximum absolute atomic E-state index is 13.1. The molecular formula is C19H23FN2O2. The molecule has 4 rings (SSSR count). The molecule has 128 valence electrons. The lowest BCUT2D eigenvalue weighted by Gasteiger charge is -2.33. The third-order valence-electron chi connectivity index (χ3n) is 6.14. The molecule has 0 unspecified atom stereocenters. The van der Waals surface area contributed by atoms with Crippen molar-refractivity contribution in [3.05, 3.63) is 35.9 Å². The summed E-state index contributed by atoms with van der Waals surface area (Å²) in [7, 11) is 1.84. The Balaban J connectivity index is 1.58. The predicted molar refractivity (Wildman–Crippen MR) is 88.1 cm³/mol. The van der Waals surface area contributed by atoms with E-state index in [1.165, 1.54) is 0 Å². The first-order chi connectivity index (χ1) is 11.5. The van der Waals surface area contributed by atoms with E-state index in [-0.39, 0.29) is 23.7 Å². The van der Waals surface area contributed by atoms with E-state index >= 15 is 0 Å². The summed E-state index contributed by atoms with van der Waals surface area (Å²) in [5.41, 5.74) is 0.655. The van der Waals surface area contributed by atoms with Crippen molar-refractivity contribution >= 4 is 11.8 Å². The quantitative estimate of drug-likeness (QED) is 0.834. The van der Waals surface area contributed by atoms with Gasteiger partial charge >= 0.3 is 0 Å². The van der Waals surface area contributed by atoms with E-state index in [1.54, 1.807) is 4.90 Å². The number of amides is 2. The number of benzene rings is 1. The van der Waals surface area contributed by atoms with Crippen LogP contribution in [0, 0.1) is 11.3 Å². The molecule has 2 heterocycles. The Labute approximate surface area is 141 Å². The molecule has 0 bridgehead atoms. The van der Waals surface area contributed by atoms with E-state index in [9.17, 15) is 14.0 Å². The van der Waals surface area contributed by atoms with Crippen molar-refractivity contribution in [1.29, 1.82) is 0 Å². The number of carbonyl (C=O) groups excluding carboxylic acids is 2. The highest BCUT2D eigenvalue weighted by Crippen LogP contribution is 2.50. The van der Waals surface area contributed by atoms with Gasteiger partial charge in [0.1, 0.15) is 6.17 Å². The van der Waals surface area contributed by atoms with Gasteiger partial charge in [-0.2, -0.15) is 0 Å². The second-order valence-electron chi connectivity index (χ2n) is 7.58. The zero-order valence-electron chi connectivity index (χ0n) is 14.0. The Morgan fingerprint density at radius 1 is 1.25 bits per heavy atom. The fourth-order valence-electron chi connectivity index (χ4n) is 4.66. The van der Waals surface area contributed by atoms with Crippen molar-refractivity contribution < 1.29 is 14.0 Å². The Morgan fingerprint density at radius 3 is 2.62 bits per heavy atom. The van der Waals surface area contributed by atoms with E-state index in [2.05, 4.69) is 12.1 Å². The molecule has 1 aromatic rings. The summed E-state index contributed by atoms with van der Waals surface area (Å²) in [6.07, 6.45) is 0.566. The van der Waals surface area contributed by atoms with Crippen LogP contribution in [0.5, 0.6) is 0 Å². The van der Waals surface area contributed by atoms with Crippen LogP contribution in [0.1, 0.15) is 30.7 Å². The van der Waals surface area contributed by atoms with Crippen LogP contribution in [0.3, 0.4) is 0 Å². The summed E-state index contributed by atoms with van der Waals surface area (Å²) in [4.78, 5) is 29.1. The first-order valence-electron chi connectivity index (χ1n) is 8.74. The SMILES string of the molecule is CN1C[C@H](c2ccccc2)[C@]2(CCN(C(=O)C3CC(F)C3)C2)C1=O. The van der Waals surface area contributed by atoms with E-state index in [0.29, 0.717) is 38.9 Å². The van der Waals surface area contributed by atoms with Gasteiger partial charge in [0.25, 0.3) is 0 Å². The summed E-state index contributed by atoms with van der Waals surface area (Å²) < 4.78 is 13.1. The van der Waals surface area contributed by atoms with Crippen molar-refractivity contribution in [3.8, 4) is 0 Å². The lowest BCUT2D eigenvalue weighted by Crippen LogP contribution is -2.44. The average molecular weight is 330 g/mol. The molecule has 2 saturated heterocycles. The second kappa shape index (κ2) is 5.57. The summed E-state index contributed by atoms with van der Waals surface area (Å²) in [6.45, 7) is 1.78. The molecule has 0 N–H and O–H groups in total. The molecule has 24 heavy (non-hydrogen) atoms. The van der Waals surface area contributed by atoms with Gasteiger partial charge in [0.2, 0.25) is 11.8 Å². The number of rotatable bonds is 2. The van der Waals surface area contributed by atoms with Crippen LogP contribution in [-0.4, -0.2) is 54.5 Å². The van der Waals surface area contributed by atoms with Gasteiger partial charge in [0.05, 0.1) is 5.41 Å². The van der Waals surface area contributed by atoms with Gasteiger partial charge in [-0.1, -0.05) is 30.3 Å². The van der Waals surface area contributed by atoms with Gasteiger partial charge in [-0.3, -0.25) is 9.59 Å². The highest BCUT2D eigenvalue weighted by molar-refractivity contribution is 5.89. The van der Waals surface area contributed by atoms with E-state index in [0.717, 1.165) is 5.56 Å². The Kier molecular flexibility index (Phi) is 3.62. The molecule has 2 atom stereocenters. The average Bonchev–Trinajstić information content (AvgIpc) is 3.11. The molecule has 2 aliphatic heterocycles. The van der Waals surface area contributed by atoms with Crippen molar-refractivity contribution in [2.45, 2.75) is 31.4 Å². The Hall–Kier alpha value is -1.91. The highest BCUT2D eigenvalue weighted by Gasteiger charge is 2.57. The first-order valence-corrected chi connectivity index (χ1v) is 8.74. The molecule has 0 radical (unpaired) electrons. The topological polar surface area (TPSA) is 40.6 Å². The standard InChI is InChI=1S/C19H23FN2O2/c1-21-11-16(13-5-3-2-4-6-13)19(18(21)24)7-8-22(12-19)17(23)14-9-15(20)10-14/h2-6,14-16H,7-12H2,1H3/t14?,15?,16-,19-/m1/s1. The fraction of sp³-hybridized carbons (Fsp3) is 0.579. The van der Waals surface area contributed by atoms with Gasteiger partial charge in [0, 0.05) is 38.5 Å². The number of nitrogens with zero attached hydrogens (tertiary/aromatic N) is 2. The van der Waals surface area contributed by atoms with Gasteiger partial charge in [0.15, 0.2) is 0 Å². The number of alkyl halides is 1. The lowest BCUT2D eigenvalue weighted by molar-refractivity contribution is -0.140. The van der Waals surface area contributed by atoms with E-state index in [4.69, 9.17) is 0 Å². The van der Waals surface area contributed by atoms with Crippen molar-refractivity contribution in [1.82, 2.24) is 9.80 Å². The van der Waals surface area contributed by atoms with E-state index in [1.807, 2.05) is 30.1 Å². The maximum Gasteiger partial charge on any atom is 0.231 e. The zero-order chi connectivity index (χ0) is 16.9. The maximum atomic E-state index is 13.1. The van der Waals surface area contributed by atoms with Gasteiger partial charge in [-0.25, -0.2) is 4.39 Å². The number of carbonyl (C=O) groups is 2. The molecular weight excluding hydrogens is 307 g/mol. The minimum absolute atomic E-state index is 0.0370. The molecule has 2 amide bonds. The minimum atomic E-state index is -0.827. The summed E-state index contributed by atoms with van der Waals surface area (Å²) in [5, 5.41) is 0. The summed E-state index contributed by atoms with van der Waals surface area (Å²) in [6, 6.07) is 10.1. The largest absolute Gasteiger partial charge is 0.345 e. The molecule has 1 aromatic carbocycles. The van der Waals surface area contributed by atoms with Crippen LogP contribution in [0.4, 0.5) is 4.39 Å². The van der Waals surface area contributed by atoms with Crippen LogP contribution in [0.25, 0.3) is 0 Å². The summed E-state index contributed by atoms with van der Waals surface area (Å²) in [5.74, 6) is 0.113. The highest BCUT2D eigenvalue weighted by atomic mass is 19.1. The molecule has 0 aromatic heterocycles. The molecule has 1 spiro atoms. The second-order valence-corrected chi connectivity index (χ2v) is 7.58. The molecule has 1 saturated carbocycles. The van der Waals surface area contributed by atoms with E-state index < -0.39 is 11.6 Å². The third-order valence-corrected chi connectivity index (χ3v) is 6.14. The number of hydrogen-bond donors (Lipinski definition) is 0. The van der Waals surface area contributed by atoms with Gasteiger partial charge in [-0.15, -0.1) is 0 Å². The number of likely N-dealkylation sites (tertiary alicyclic amines) is 2. The van der Waals surface area contributed by atoms with Crippen LogP contribution < -0.4 is 0 Å². The monoisotopic (exact) mass is 330 g/mol.